The Morgan fingerprint density at radius 1 is 1.09 bits per heavy atom. The van der Waals surface area contributed by atoms with Gasteiger partial charge in [0, 0.05) is 30.8 Å². The van der Waals surface area contributed by atoms with Gasteiger partial charge in [0.15, 0.2) is 5.96 Å². The second-order valence-electron chi connectivity index (χ2n) is 4.85. The summed E-state index contributed by atoms with van der Waals surface area (Å²) in [5.74, 6) is 1.37. The Labute approximate surface area is 154 Å². The zero-order valence-electron chi connectivity index (χ0n) is 13.5. The first-order chi connectivity index (χ1) is 10.3. The third-order valence-corrected chi connectivity index (χ3v) is 4.51. The van der Waals surface area contributed by atoms with Gasteiger partial charge >= 0.3 is 0 Å². The summed E-state index contributed by atoms with van der Waals surface area (Å²) in [4.78, 5) is 5.05. The van der Waals surface area contributed by atoms with Crippen LogP contribution in [0.3, 0.4) is 0 Å². The number of nitrogens with one attached hydrogen (secondary N) is 2. The van der Waals surface area contributed by atoms with E-state index in [4.69, 9.17) is 0 Å². The predicted octanol–water partition coefficient (Wildman–Crippen LogP) is 3.16. The van der Waals surface area contributed by atoms with Crippen LogP contribution in [-0.2, 0) is 10.8 Å². The Morgan fingerprint density at radius 2 is 1.77 bits per heavy atom. The number of halogens is 1. The molecule has 2 N–H and O–H groups in total. The maximum atomic E-state index is 12.1. The topological polar surface area (TPSA) is 53.5 Å². The van der Waals surface area contributed by atoms with Gasteiger partial charge in [-0.25, -0.2) is 0 Å². The molecular formula is C16H28IN3OS. The van der Waals surface area contributed by atoms with Gasteiger partial charge in [-0.05, 0) is 18.6 Å². The molecule has 0 aromatic heterocycles. The van der Waals surface area contributed by atoms with Crippen LogP contribution < -0.4 is 10.6 Å². The minimum absolute atomic E-state index is 0. The Kier molecular flexibility index (Phi) is 13.6. The summed E-state index contributed by atoms with van der Waals surface area (Å²) in [6.07, 6.45) is 4.94. The third-order valence-electron chi connectivity index (χ3n) is 3.13. The van der Waals surface area contributed by atoms with Crippen molar-refractivity contribution >= 4 is 40.7 Å². The van der Waals surface area contributed by atoms with Crippen LogP contribution in [0.15, 0.2) is 40.2 Å². The first-order valence-corrected chi connectivity index (χ1v) is 8.97. The van der Waals surface area contributed by atoms with Crippen molar-refractivity contribution in [2.75, 3.05) is 25.9 Å². The molecule has 0 radical (unpaired) electrons. The number of rotatable bonds is 9. The smallest absolute Gasteiger partial charge is 0.191 e. The van der Waals surface area contributed by atoms with E-state index in [1.807, 2.05) is 30.3 Å². The van der Waals surface area contributed by atoms with Crippen LogP contribution in [0.1, 0.15) is 32.6 Å². The quantitative estimate of drug-likeness (QED) is 0.270. The van der Waals surface area contributed by atoms with Gasteiger partial charge in [-0.3, -0.25) is 9.20 Å². The lowest BCUT2D eigenvalue weighted by molar-refractivity contribution is 0.648. The average Bonchev–Trinajstić information content (AvgIpc) is 2.53. The highest BCUT2D eigenvalue weighted by Gasteiger charge is 2.03. The Bertz CT molecular complexity index is 440. The number of aliphatic imine (C=N–C) groups is 1. The Hall–Kier alpha value is -0.630. The monoisotopic (exact) mass is 437 g/mol. The molecule has 1 atom stereocenters. The van der Waals surface area contributed by atoms with Crippen LogP contribution in [0.5, 0.6) is 0 Å². The highest BCUT2D eigenvalue weighted by molar-refractivity contribution is 14.0. The van der Waals surface area contributed by atoms with E-state index in [1.165, 1.54) is 19.3 Å². The first-order valence-electron chi connectivity index (χ1n) is 7.66. The van der Waals surface area contributed by atoms with Crippen molar-refractivity contribution in [2.24, 2.45) is 4.99 Å². The molecule has 0 saturated heterocycles. The van der Waals surface area contributed by atoms with Gasteiger partial charge in [0.25, 0.3) is 0 Å². The van der Waals surface area contributed by atoms with Crippen molar-refractivity contribution in [1.29, 1.82) is 0 Å². The fraction of sp³-hybridized carbons (Fsp3) is 0.562. The lowest BCUT2D eigenvalue weighted by Gasteiger charge is -2.11. The molecule has 0 aliphatic carbocycles. The molecule has 1 unspecified atom stereocenters. The maximum Gasteiger partial charge on any atom is 0.191 e. The molecule has 0 spiro atoms. The lowest BCUT2D eigenvalue weighted by atomic mass is 10.2. The van der Waals surface area contributed by atoms with E-state index in [-0.39, 0.29) is 24.0 Å². The van der Waals surface area contributed by atoms with Crippen LogP contribution in [0.4, 0.5) is 0 Å². The van der Waals surface area contributed by atoms with Crippen molar-refractivity contribution in [1.82, 2.24) is 10.6 Å². The van der Waals surface area contributed by atoms with E-state index in [0.717, 1.165) is 23.8 Å². The van der Waals surface area contributed by atoms with E-state index >= 15 is 0 Å². The molecular weight excluding hydrogens is 409 g/mol. The van der Waals surface area contributed by atoms with Gasteiger partial charge < -0.3 is 10.6 Å². The second-order valence-corrected chi connectivity index (χ2v) is 6.42. The van der Waals surface area contributed by atoms with Gasteiger partial charge in [0.2, 0.25) is 0 Å². The molecule has 1 rings (SSSR count). The summed E-state index contributed by atoms with van der Waals surface area (Å²) in [7, 11) is 0.802. The minimum Gasteiger partial charge on any atom is -0.356 e. The summed E-state index contributed by atoms with van der Waals surface area (Å²) in [5, 5.41) is 6.49. The van der Waals surface area contributed by atoms with Crippen molar-refractivity contribution in [2.45, 2.75) is 37.5 Å². The molecule has 0 bridgehead atoms. The van der Waals surface area contributed by atoms with Gasteiger partial charge in [0.1, 0.15) is 0 Å². The summed E-state index contributed by atoms with van der Waals surface area (Å²) >= 11 is 0. The summed E-state index contributed by atoms with van der Waals surface area (Å²) in [6, 6.07) is 9.56. The van der Waals surface area contributed by atoms with Crippen LogP contribution in [0.2, 0.25) is 0 Å². The molecule has 4 nitrogen and oxygen atoms in total. The van der Waals surface area contributed by atoms with Crippen molar-refractivity contribution in [3.63, 3.8) is 0 Å². The normalized spacial score (nSPS) is 12.4. The highest BCUT2D eigenvalue weighted by Crippen LogP contribution is 2.04. The molecule has 126 valence electrons. The number of nitrogens with zero attached hydrogens (tertiary/aromatic N) is 1. The standard InChI is InChI=1S/C16H27N3OS.HI/c1-3-4-5-9-12-18-16(17-2)19-13-14-21(20)15-10-7-6-8-11-15;/h6-8,10-11H,3-5,9,12-14H2,1-2H3,(H2,17,18,19);1H. The number of hydrogen-bond acceptors (Lipinski definition) is 2. The van der Waals surface area contributed by atoms with E-state index in [9.17, 15) is 4.21 Å². The minimum atomic E-state index is -0.957. The predicted molar refractivity (Wildman–Crippen MR) is 107 cm³/mol. The molecule has 1 aromatic rings. The molecule has 6 heteroatoms. The lowest BCUT2D eigenvalue weighted by Crippen LogP contribution is -2.39. The van der Waals surface area contributed by atoms with E-state index in [0.29, 0.717) is 12.3 Å². The molecule has 0 aliphatic rings. The number of benzene rings is 1. The van der Waals surface area contributed by atoms with E-state index in [1.54, 1.807) is 7.05 Å². The van der Waals surface area contributed by atoms with Gasteiger partial charge in [0.05, 0.1) is 10.8 Å². The zero-order chi connectivity index (χ0) is 15.3. The average molecular weight is 437 g/mol. The van der Waals surface area contributed by atoms with Gasteiger partial charge in [-0.15, -0.1) is 24.0 Å². The Morgan fingerprint density at radius 3 is 2.41 bits per heavy atom. The van der Waals surface area contributed by atoms with Crippen molar-refractivity contribution < 1.29 is 4.21 Å². The largest absolute Gasteiger partial charge is 0.356 e. The third kappa shape index (κ3) is 9.40. The first kappa shape index (κ1) is 21.4. The number of hydrogen-bond donors (Lipinski definition) is 2. The van der Waals surface area contributed by atoms with Crippen molar-refractivity contribution in [3.05, 3.63) is 30.3 Å². The van der Waals surface area contributed by atoms with Crippen LogP contribution in [0.25, 0.3) is 0 Å². The van der Waals surface area contributed by atoms with Gasteiger partial charge in [-0.2, -0.15) is 0 Å². The molecule has 0 amide bonds. The van der Waals surface area contributed by atoms with Crippen molar-refractivity contribution in [3.8, 4) is 0 Å². The number of unbranched alkanes of at least 4 members (excludes halogenated alkanes) is 3. The maximum absolute atomic E-state index is 12.1. The van der Waals surface area contributed by atoms with Gasteiger partial charge in [-0.1, -0.05) is 44.4 Å². The molecule has 22 heavy (non-hydrogen) atoms. The van der Waals surface area contributed by atoms with Crippen LogP contribution in [-0.4, -0.2) is 36.1 Å². The fourth-order valence-corrected chi connectivity index (χ4v) is 2.92. The van der Waals surface area contributed by atoms with Crippen LogP contribution >= 0.6 is 24.0 Å². The summed E-state index contributed by atoms with van der Waals surface area (Å²) in [5.41, 5.74) is 0. The molecule has 0 aliphatic heterocycles. The Balaban J connectivity index is 0.00000441. The number of guanidine groups is 1. The molecule has 0 heterocycles. The molecule has 0 fully saturated rings. The van der Waals surface area contributed by atoms with Crippen LogP contribution in [0, 0.1) is 0 Å². The fourth-order valence-electron chi connectivity index (χ4n) is 1.93. The second kappa shape index (κ2) is 14.0. The zero-order valence-corrected chi connectivity index (χ0v) is 16.7. The SMILES string of the molecule is CCCCCCNC(=NC)NCCS(=O)c1ccccc1.I. The highest BCUT2D eigenvalue weighted by atomic mass is 127. The molecule has 1 aromatic carbocycles. The van der Waals surface area contributed by atoms with E-state index in [2.05, 4.69) is 22.5 Å². The van der Waals surface area contributed by atoms with E-state index < -0.39 is 10.8 Å². The summed E-state index contributed by atoms with van der Waals surface area (Å²) < 4.78 is 12.1. The summed E-state index contributed by atoms with van der Waals surface area (Å²) in [6.45, 7) is 3.79. The molecule has 0 saturated carbocycles.